The number of aliphatic hydroxyl groups is 1. The molecule has 0 saturated carbocycles. The maximum Gasteiger partial charge on any atom is 0.136 e. The molecule has 0 aliphatic heterocycles. The quantitative estimate of drug-likeness (QED) is 0.885. The highest BCUT2D eigenvalue weighted by atomic mass is 79.9. The van der Waals surface area contributed by atoms with E-state index in [1.807, 2.05) is 31.5 Å². The van der Waals surface area contributed by atoms with E-state index in [9.17, 15) is 0 Å². The number of hydrogen-bond donors (Lipinski definition) is 2. The molecule has 0 fully saturated rings. The molecule has 0 aromatic carbocycles. The predicted molar refractivity (Wildman–Crippen MR) is 70.8 cm³/mol. The Morgan fingerprint density at radius 1 is 1.53 bits per heavy atom. The van der Waals surface area contributed by atoms with E-state index in [1.165, 1.54) is 0 Å². The Balaban J connectivity index is 2.06. The highest BCUT2D eigenvalue weighted by Gasteiger charge is 2.04. The molecule has 0 spiro atoms. The minimum Gasteiger partial charge on any atom is -0.396 e. The van der Waals surface area contributed by atoms with Gasteiger partial charge in [-0.15, -0.1) is 0 Å². The van der Waals surface area contributed by atoms with Crippen molar-refractivity contribution in [2.75, 3.05) is 13.2 Å². The molecule has 17 heavy (non-hydrogen) atoms. The van der Waals surface area contributed by atoms with Gasteiger partial charge >= 0.3 is 0 Å². The molecule has 2 aromatic rings. The number of rotatable bonds is 5. The summed E-state index contributed by atoms with van der Waals surface area (Å²) < 4.78 is 3.09. The molecular formula is C12H16BrN3O. The van der Waals surface area contributed by atoms with E-state index in [2.05, 4.69) is 30.6 Å². The van der Waals surface area contributed by atoms with Crippen LogP contribution >= 0.6 is 15.9 Å². The summed E-state index contributed by atoms with van der Waals surface area (Å²) in [4.78, 5) is 4.33. The van der Waals surface area contributed by atoms with Gasteiger partial charge in [0.1, 0.15) is 5.65 Å². The van der Waals surface area contributed by atoms with Crippen LogP contribution in [0.5, 0.6) is 0 Å². The van der Waals surface area contributed by atoms with Crippen molar-refractivity contribution in [1.82, 2.24) is 14.7 Å². The number of imidazole rings is 1. The Bertz CT molecular complexity index is 497. The smallest absolute Gasteiger partial charge is 0.136 e. The first-order valence-electron chi connectivity index (χ1n) is 5.63. The molecule has 0 aliphatic rings. The van der Waals surface area contributed by atoms with Crippen molar-refractivity contribution in [3.63, 3.8) is 0 Å². The van der Waals surface area contributed by atoms with Crippen LogP contribution in [0.15, 0.2) is 29.0 Å². The molecular weight excluding hydrogens is 282 g/mol. The normalized spacial score (nSPS) is 13.1. The number of nitrogens with zero attached hydrogens (tertiary/aromatic N) is 2. The highest BCUT2D eigenvalue weighted by molar-refractivity contribution is 9.10. The third-order valence-electron chi connectivity index (χ3n) is 2.66. The Hall–Kier alpha value is -0.910. The van der Waals surface area contributed by atoms with Gasteiger partial charge in [-0.3, -0.25) is 0 Å². The van der Waals surface area contributed by atoms with E-state index >= 15 is 0 Å². The summed E-state index contributed by atoms with van der Waals surface area (Å²) in [6, 6.07) is 3.96. The van der Waals surface area contributed by atoms with Gasteiger partial charge in [-0.1, -0.05) is 6.92 Å². The van der Waals surface area contributed by atoms with Gasteiger partial charge in [-0.25, -0.2) is 4.98 Å². The van der Waals surface area contributed by atoms with Gasteiger partial charge in [0.15, 0.2) is 0 Å². The fraction of sp³-hybridized carbons (Fsp3) is 0.417. The fourth-order valence-corrected chi connectivity index (χ4v) is 1.98. The molecule has 1 unspecified atom stereocenters. The van der Waals surface area contributed by atoms with Crippen molar-refractivity contribution in [1.29, 1.82) is 0 Å². The highest BCUT2D eigenvalue weighted by Crippen LogP contribution is 2.13. The lowest BCUT2D eigenvalue weighted by molar-refractivity contribution is 0.233. The summed E-state index contributed by atoms with van der Waals surface area (Å²) in [6.07, 6.45) is 3.88. The number of aliphatic hydroxyl groups excluding tert-OH is 1. The van der Waals surface area contributed by atoms with Gasteiger partial charge in [0.05, 0.1) is 11.9 Å². The van der Waals surface area contributed by atoms with Gasteiger partial charge < -0.3 is 14.8 Å². The molecule has 2 heterocycles. The largest absolute Gasteiger partial charge is 0.396 e. The number of pyridine rings is 1. The van der Waals surface area contributed by atoms with E-state index < -0.39 is 0 Å². The molecule has 92 valence electrons. The summed E-state index contributed by atoms with van der Waals surface area (Å²) >= 11 is 3.45. The molecule has 5 heteroatoms. The lowest BCUT2D eigenvalue weighted by Gasteiger charge is -2.09. The summed E-state index contributed by atoms with van der Waals surface area (Å²) in [5.41, 5.74) is 2.06. The topological polar surface area (TPSA) is 49.6 Å². The lowest BCUT2D eigenvalue weighted by atomic mass is 10.2. The predicted octanol–water partition coefficient (Wildman–Crippen LogP) is 1.81. The number of hydrogen-bond acceptors (Lipinski definition) is 3. The molecule has 0 saturated heterocycles. The summed E-state index contributed by atoms with van der Waals surface area (Å²) in [6.45, 7) is 3.78. The van der Waals surface area contributed by atoms with Gasteiger partial charge in [-0.05, 0) is 34.0 Å². The molecule has 0 radical (unpaired) electrons. The van der Waals surface area contributed by atoms with Crippen LogP contribution in [0, 0.1) is 5.92 Å². The second-order valence-electron chi connectivity index (χ2n) is 4.24. The molecule has 2 N–H and O–H groups in total. The zero-order chi connectivity index (χ0) is 12.3. The maximum atomic E-state index is 8.94. The molecule has 2 aromatic heterocycles. The summed E-state index contributed by atoms with van der Waals surface area (Å²) in [5, 5.41) is 12.3. The van der Waals surface area contributed by atoms with Crippen molar-refractivity contribution in [3.05, 3.63) is 34.7 Å². The molecule has 1 atom stereocenters. The lowest BCUT2D eigenvalue weighted by Crippen LogP contribution is -2.23. The van der Waals surface area contributed by atoms with Gasteiger partial charge in [-0.2, -0.15) is 0 Å². The van der Waals surface area contributed by atoms with Crippen LogP contribution in [0.4, 0.5) is 0 Å². The molecule has 0 aliphatic carbocycles. The zero-order valence-corrected chi connectivity index (χ0v) is 11.3. The second-order valence-corrected chi connectivity index (χ2v) is 5.16. The van der Waals surface area contributed by atoms with Crippen molar-refractivity contribution in [2.24, 2.45) is 5.92 Å². The number of aromatic nitrogens is 2. The van der Waals surface area contributed by atoms with E-state index in [0.717, 1.165) is 28.9 Å². The SMILES string of the molecule is CC(CO)CNCc1cnc2ccc(Br)cn12. The van der Waals surface area contributed by atoms with Crippen LogP contribution in [0.1, 0.15) is 12.6 Å². The first-order chi connectivity index (χ1) is 8.20. The zero-order valence-electron chi connectivity index (χ0n) is 9.73. The van der Waals surface area contributed by atoms with Crippen molar-refractivity contribution >= 4 is 21.6 Å². The second kappa shape index (κ2) is 5.62. The third-order valence-corrected chi connectivity index (χ3v) is 3.13. The standard InChI is InChI=1S/C12H16BrN3O/c1-9(8-17)4-14-5-11-6-15-12-3-2-10(13)7-16(11)12/h2-3,6-7,9,14,17H,4-5,8H2,1H3. The van der Waals surface area contributed by atoms with Gasteiger partial charge in [0.25, 0.3) is 0 Å². The van der Waals surface area contributed by atoms with Gasteiger partial charge in [0, 0.05) is 30.4 Å². The third kappa shape index (κ3) is 3.06. The number of halogens is 1. The average molecular weight is 298 g/mol. The van der Waals surface area contributed by atoms with E-state index in [-0.39, 0.29) is 12.5 Å². The molecule has 0 bridgehead atoms. The fourth-order valence-electron chi connectivity index (χ4n) is 1.65. The molecule has 2 rings (SSSR count). The van der Waals surface area contributed by atoms with Crippen molar-refractivity contribution < 1.29 is 5.11 Å². The molecule has 0 amide bonds. The summed E-state index contributed by atoms with van der Waals surface area (Å²) in [7, 11) is 0. The van der Waals surface area contributed by atoms with E-state index in [0.29, 0.717) is 0 Å². The maximum absolute atomic E-state index is 8.94. The van der Waals surface area contributed by atoms with Crippen molar-refractivity contribution in [2.45, 2.75) is 13.5 Å². The first-order valence-corrected chi connectivity index (χ1v) is 6.43. The number of fused-ring (bicyclic) bond motifs is 1. The Morgan fingerprint density at radius 2 is 2.35 bits per heavy atom. The van der Waals surface area contributed by atoms with Crippen LogP contribution in [-0.2, 0) is 6.54 Å². The van der Waals surface area contributed by atoms with Crippen LogP contribution in [0.25, 0.3) is 5.65 Å². The van der Waals surface area contributed by atoms with Crippen molar-refractivity contribution in [3.8, 4) is 0 Å². The Labute approximate surface area is 109 Å². The van der Waals surface area contributed by atoms with E-state index in [1.54, 1.807) is 0 Å². The van der Waals surface area contributed by atoms with Crippen LogP contribution in [0.2, 0.25) is 0 Å². The van der Waals surface area contributed by atoms with Crippen LogP contribution < -0.4 is 5.32 Å². The first kappa shape index (κ1) is 12.5. The Kier molecular flexibility index (Phi) is 4.15. The van der Waals surface area contributed by atoms with Crippen LogP contribution in [-0.4, -0.2) is 27.6 Å². The average Bonchev–Trinajstić information content (AvgIpc) is 2.72. The van der Waals surface area contributed by atoms with E-state index in [4.69, 9.17) is 5.11 Å². The minimum atomic E-state index is 0.214. The van der Waals surface area contributed by atoms with Crippen LogP contribution in [0.3, 0.4) is 0 Å². The number of nitrogens with one attached hydrogen (secondary N) is 1. The summed E-state index contributed by atoms with van der Waals surface area (Å²) in [5.74, 6) is 0.279. The minimum absolute atomic E-state index is 0.214. The monoisotopic (exact) mass is 297 g/mol. The molecule has 4 nitrogen and oxygen atoms in total. The van der Waals surface area contributed by atoms with Gasteiger partial charge in [0.2, 0.25) is 0 Å². The Morgan fingerprint density at radius 3 is 3.12 bits per heavy atom.